The number of carboxylic acid groups (broad SMARTS) is 1. The standard InChI is InChI=1S/C10H13F3N2O2S2/c1-9(2,7(16)17)6-5-18-8(15-6)14-3-4-19-10(11,12)13/h5H,3-4H2,1-2H3,(H,14,15)(H,16,17). The van der Waals surface area contributed by atoms with Gasteiger partial charge in [-0.25, -0.2) is 4.98 Å². The van der Waals surface area contributed by atoms with E-state index in [2.05, 4.69) is 10.3 Å². The van der Waals surface area contributed by atoms with Gasteiger partial charge in [0.25, 0.3) is 0 Å². The Bertz CT molecular complexity index is 446. The number of aliphatic carboxylic acids is 1. The lowest BCUT2D eigenvalue weighted by Crippen LogP contribution is -2.28. The van der Waals surface area contributed by atoms with Crippen molar-refractivity contribution in [2.24, 2.45) is 0 Å². The van der Waals surface area contributed by atoms with Gasteiger partial charge in [-0.1, -0.05) is 0 Å². The smallest absolute Gasteiger partial charge is 0.441 e. The quantitative estimate of drug-likeness (QED) is 0.790. The molecule has 19 heavy (non-hydrogen) atoms. The molecule has 108 valence electrons. The third-order valence-corrected chi connectivity index (χ3v) is 3.86. The second kappa shape index (κ2) is 6.00. The Labute approximate surface area is 116 Å². The van der Waals surface area contributed by atoms with Crippen molar-refractivity contribution in [1.29, 1.82) is 0 Å². The number of hydrogen-bond donors (Lipinski definition) is 2. The third-order valence-electron chi connectivity index (χ3n) is 2.32. The zero-order chi connectivity index (χ0) is 14.7. The number of carbonyl (C=O) groups is 1. The average Bonchev–Trinajstić information content (AvgIpc) is 2.72. The monoisotopic (exact) mass is 314 g/mol. The Morgan fingerprint density at radius 1 is 1.53 bits per heavy atom. The van der Waals surface area contributed by atoms with Crippen molar-refractivity contribution < 1.29 is 23.1 Å². The summed E-state index contributed by atoms with van der Waals surface area (Å²) in [6.45, 7) is 3.16. The second-order valence-electron chi connectivity index (χ2n) is 4.19. The second-order valence-corrected chi connectivity index (χ2v) is 6.21. The minimum Gasteiger partial charge on any atom is -0.481 e. The molecule has 1 aromatic rings. The number of hydrogen-bond acceptors (Lipinski definition) is 5. The van der Waals surface area contributed by atoms with E-state index in [0.717, 1.165) is 0 Å². The predicted octanol–water partition coefficient (Wildman–Crippen LogP) is 3.17. The molecule has 0 aromatic carbocycles. The normalized spacial score (nSPS) is 12.5. The summed E-state index contributed by atoms with van der Waals surface area (Å²) in [5, 5.41) is 13.8. The minimum absolute atomic E-state index is 0.110. The molecule has 9 heteroatoms. The molecular formula is C10H13F3N2O2S2. The highest BCUT2D eigenvalue weighted by Crippen LogP contribution is 2.30. The van der Waals surface area contributed by atoms with Crippen molar-refractivity contribution in [1.82, 2.24) is 4.98 Å². The zero-order valence-electron chi connectivity index (χ0n) is 10.2. The number of anilines is 1. The number of alkyl halides is 3. The van der Waals surface area contributed by atoms with Crippen LogP contribution in [0.15, 0.2) is 5.38 Å². The molecule has 0 aliphatic heterocycles. The van der Waals surface area contributed by atoms with Crippen LogP contribution in [0.1, 0.15) is 19.5 Å². The van der Waals surface area contributed by atoms with Crippen molar-refractivity contribution in [3.8, 4) is 0 Å². The van der Waals surface area contributed by atoms with E-state index in [1.165, 1.54) is 25.2 Å². The number of thioether (sulfide) groups is 1. The van der Waals surface area contributed by atoms with Gasteiger partial charge in [0, 0.05) is 17.7 Å². The Balaban J connectivity index is 2.50. The van der Waals surface area contributed by atoms with Crippen molar-refractivity contribution >= 4 is 34.2 Å². The molecule has 2 N–H and O–H groups in total. The van der Waals surface area contributed by atoms with Crippen molar-refractivity contribution in [3.63, 3.8) is 0 Å². The van der Waals surface area contributed by atoms with Crippen LogP contribution in [0.5, 0.6) is 0 Å². The highest BCUT2D eigenvalue weighted by atomic mass is 32.2. The molecule has 0 fully saturated rings. The zero-order valence-corrected chi connectivity index (χ0v) is 11.9. The molecule has 0 unspecified atom stereocenters. The number of rotatable bonds is 6. The molecule has 0 aliphatic rings. The van der Waals surface area contributed by atoms with Gasteiger partial charge in [0.1, 0.15) is 5.41 Å². The molecule has 0 bridgehead atoms. The van der Waals surface area contributed by atoms with Crippen molar-refractivity contribution in [2.75, 3.05) is 17.6 Å². The highest BCUT2D eigenvalue weighted by molar-refractivity contribution is 8.00. The summed E-state index contributed by atoms with van der Waals surface area (Å²) >= 11 is 1.07. The van der Waals surface area contributed by atoms with Gasteiger partial charge in [0.05, 0.1) is 5.69 Å². The van der Waals surface area contributed by atoms with Gasteiger partial charge in [-0.15, -0.1) is 11.3 Å². The van der Waals surface area contributed by atoms with Crippen LogP contribution in [0.2, 0.25) is 0 Å². The molecular weight excluding hydrogens is 301 g/mol. The first kappa shape index (κ1) is 16.1. The minimum atomic E-state index is -4.24. The van der Waals surface area contributed by atoms with Crippen LogP contribution in [0, 0.1) is 0 Å². The summed E-state index contributed by atoms with van der Waals surface area (Å²) in [6, 6.07) is 0. The van der Waals surface area contributed by atoms with Crippen LogP contribution < -0.4 is 5.32 Å². The van der Waals surface area contributed by atoms with Crippen LogP contribution in [0.4, 0.5) is 18.3 Å². The van der Waals surface area contributed by atoms with E-state index in [4.69, 9.17) is 5.11 Å². The van der Waals surface area contributed by atoms with Crippen LogP contribution >= 0.6 is 23.1 Å². The van der Waals surface area contributed by atoms with E-state index in [-0.39, 0.29) is 24.1 Å². The molecule has 4 nitrogen and oxygen atoms in total. The van der Waals surface area contributed by atoms with Gasteiger partial charge in [-0.05, 0) is 25.6 Å². The van der Waals surface area contributed by atoms with Crippen LogP contribution in [0.25, 0.3) is 0 Å². The Morgan fingerprint density at radius 2 is 2.16 bits per heavy atom. The topological polar surface area (TPSA) is 62.2 Å². The predicted molar refractivity (Wildman–Crippen MR) is 69.8 cm³/mol. The molecule has 0 radical (unpaired) electrons. The fourth-order valence-corrected chi connectivity index (χ4v) is 2.42. The molecule has 0 spiro atoms. The van der Waals surface area contributed by atoms with E-state index in [1.54, 1.807) is 5.38 Å². The summed E-state index contributed by atoms with van der Waals surface area (Å²) in [7, 11) is 0. The first-order chi connectivity index (χ1) is 8.63. The van der Waals surface area contributed by atoms with Gasteiger partial charge < -0.3 is 10.4 Å². The number of halogens is 3. The Morgan fingerprint density at radius 3 is 2.68 bits per heavy atom. The van der Waals surface area contributed by atoms with Gasteiger partial charge in [0.2, 0.25) is 0 Å². The molecule has 1 heterocycles. The number of nitrogens with zero attached hydrogens (tertiary/aromatic N) is 1. The third kappa shape index (κ3) is 4.90. The molecule has 1 rings (SSSR count). The lowest BCUT2D eigenvalue weighted by Gasteiger charge is -2.15. The molecule has 0 saturated heterocycles. The van der Waals surface area contributed by atoms with E-state index in [9.17, 15) is 18.0 Å². The summed E-state index contributed by atoms with van der Waals surface area (Å²) in [6.07, 6.45) is 0. The number of carboxylic acids is 1. The molecule has 0 aliphatic carbocycles. The molecule has 1 aromatic heterocycles. The number of thiazole rings is 1. The molecule has 0 amide bonds. The average molecular weight is 314 g/mol. The van der Waals surface area contributed by atoms with E-state index in [0.29, 0.717) is 10.8 Å². The fourth-order valence-electron chi connectivity index (χ4n) is 1.08. The SMILES string of the molecule is CC(C)(C(=O)O)c1csc(NCCSC(F)(F)F)n1. The summed E-state index contributed by atoms with van der Waals surface area (Å²) < 4.78 is 35.7. The van der Waals surface area contributed by atoms with Gasteiger partial charge in [-0.2, -0.15) is 13.2 Å². The van der Waals surface area contributed by atoms with Gasteiger partial charge >= 0.3 is 11.5 Å². The summed E-state index contributed by atoms with van der Waals surface area (Å²) in [4.78, 5) is 15.1. The highest BCUT2D eigenvalue weighted by Gasteiger charge is 2.32. The van der Waals surface area contributed by atoms with Crippen molar-refractivity contribution in [2.45, 2.75) is 24.8 Å². The largest absolute Gasteiger partial charge is 0.481 e. The van der Waals surface area contributed by atoms with Crippen molar-refractivity contribution in [3.05, 3.63) is 11.1 Å². The fraction of sp³-hybridized carbons (Fsp3) is 0.600. The van der Waals surface area contributed by atoms with Crippen LogP contribution in [0.3, 0.4) is 0 Å². The Kier molecular flexibility index (Phi) is 5.08. The van der Waals surface area contributed by atoms with Gasteiger partial charge in [0.15, 0.2) is 5.13 Å². The first-order valence-corrected chi connectivity index (χ1v) is 7.13. The molecule has 0 saturated carbocycles. The van der Waals surface area contributed by atoms with E-state index < -0.39 is 16.9 Å². The number of nitrogens with one attached hydrogen (secondary N) is 1. The maximum absolute atomic E-state index is 11.9. The van der Waals surface area contributed by atoms with Crippen LogP contribution in [-0.2, 0) is 10.2 Å². The molecule has 0 atom stereocenters. The van der Waals surface area contributed by atoms with E-state index in [1.807, 2.05) is 0 Å². The lowest BCUT2D eigenvalue weighted by molar-refractivity contribution is -0.142. The first-order valence-electron chi connectivity index (χ1n) is 5.27. The summed E-state index contributed by atoms with van der Waals surface area (Å²) in [5.74, 6) is -1.13. The lowest BCUT2D eigenvalue weighted by atomic mass is 9.90. The van der Waals surface area contributed by atoms with E-state index >= 15 is 0 Å². The Hall–Kier alpha value is -0.960. The summed E-state index contributed by atoms with van der Waals surface area (Å²) in [5.41, 5.74) is -4.96. The van der Waals surface area contributed by atoms with Gasteiger partial charge in [-0.3, -0.25) is 4.79 Å². The number of aromatic nitrogens is 1. The van der Waals surface area contributed by atoms with Crippen LogP contribution in [-0.4, -0.2) is 33.9 Å². The maximum Gasteiger partial charge on any atom is 0.441 e. The maximum atomic E-state index is 11.9.